The van der Waals surface area contributed by atoms with E-state index >= 15 is 0 Å². The summed E-state index contributed by atoms with van der Waals surface area (Å²) in [6.07, 6.45) is -0.102. The van der Waals surface area contributed by atoms with E-state index in [1.54, 1.807) is 24.8 Å². The van der Waals surface area contributed by atoms with Gasteiger partial charge in [0.15, 0.2) is 0 Å². The number of amides is 1. The highest BCUT2D eigenvalue weighted by molar-refractivity contribution is 7.89. The van der Waals surface area contributed by atoms with Crippen LogP contribution in [0.1, 0.15) is 19.4 Å². The largest absolute Gasteiger partial charge is 0.442 e. The van der Waals surface area contributed by atoms with Crippen LogP contribution in [0.3, 0.4) is 0 Å². The zero-order valence-electron chi connectivity index (χ0n) is 13.7. The summed E-state index contributed by atoms with van der Waals surface area (Å²) in [5.74, 6) is 0. The number of fused-ring (bicyclic) bond motifs is 1. The van der Waals surface area contributed by atoms with Crippen molar-refractivity contribution >= 4 is 27.7 Å². The molecule has 0 bridgehead atoms. The maximum Gasteiger partial charge on any atom is 0.410 e. The van der Waals surface area contributed by atoms with Gasteiger partial charge in [0.05, 0.1) is 17.8 Å². The standard InChI is InChI=1S/C16H21ClN2O4S/c1-11(2)24(21,22)18-9-14-15(10-18)23-16(20)19(14)7-6-12-4-3-5-13(17)8-12/h3-5,8,11,14-15H,6-7,9-10H2,1-2H3/t14-,15+/m0/s1. The molecule has 1 aromatic rings. The Hall–Kier alpha value is -1.31. The molecule has 2 atom stereocenters. The Bertz CT molecular complexity index is 737. The van der Waals surface area contributed by atoms with Crippen molar-refractivity contribution < 1.29 is 17.9 Å². The predicted octanol–water partition coefficient (Wildman–Crippen LogP) is 2.13. The highest BCUT2D eigenvalue weighted by atomic mass is 35.5. The maximum absolute atomic E-state index is 12.3. The first-order valence-electron chi connectivity index (χ1n) is 7.99. The molecule has 2 fully saturated rings. The van der Waals surface area contributed by atoms with Crippen molar-refractivity contribution in [3.63, 3.8) is 0 Å². The van der Waals surface area contributed by atoms with Gasteiger partial charge in [-0.25, -0.2) is 13.2 Å². The van der Waals surface area contributed by atoms with Crippen molar-refractivity contribution in [1.82, 2.24) is 9.21 Å². The highest BCUT2D eigenvalue weighted by Crippen LogP contribution is 2.29. The summed E-state index contributed by atoms with van der Waals surface area (Å²) < 4.78 is 31.4. The van der Waals surface area contributed by atoms with E-state index in [0.29, 0.717) is 24.5 Å². The first-order chi connectivity index (χ1) is 11.3. The molecule has 24 heavy (non-hydrogen) atoms. The predicted molar refractivity (Wildman–Crippen MR) is 91.5 cm³/mol. The summed E-state index contributed by atoms with van der Waals surface area (Å²) in [7, 11) is -3.33. The number of carbonyl (C=O) groups is 1. The smallest absolute Gasteiger partial charge is 0.410 e. The number of ether oxygens (including phenoxy) is 1. The van der Waals surface area contributed by atoms with Gasteiger partial charge in [0.2, 0.25) is 10.0 Å². The molecule has 1 aromatic carbocycles. The normalized spacial score (nSPS) is 24.5. The Labute approximate surface area is 147 Å². The molecule has 0 spiro atoms. The molecule has 132 valence electrons. The monoisotopic (exact) mass is 372 g/mol. The second kappa shape index (κ2) is 6.54. The Morgan fingerprint density at radius 2 is 2.08 bits per heavy atom. The molecule has 1 amide bonds. The van der Waals surface area contributed by atoms with Gasteiger partial charge in [-0.3, -0.25) is 4.90 Å². The fraction of sp³-hybridized carbons (Fsp3) is 0.562. The van der Waals surface area contributed by atoms with Crippen molar-refractivity contribution in [3.05, 3.63) is 34.9 Å². The van der Waals surface area contributed by atoms with Gasteiger partial charge in [-0.2, -0.15) is 4.31 Å². The molecule has 0 unspecified atom stereocenters. The van der Waals surface area contributed by atoms with Crippen LogP contribution in [-0.4, -0.2) is 60.7 Å². The van der Waals surface area contributed by atoms with Crippen molar-refractivity contribution in [1.29, 1.82) is 0 Å². The van der Waals surface area contributed by atoms with E-state index < -0.39 is 15.3 Å². The first-order valence-corrected chi connectivity index (χ1v) is 9.88. The van der Waals surface area contributed by atoms with Gasteiger partial charge in [0.1, 0.15) is 6.10 Å². The van der Waals surface area contributed by atoms with E-state index in [2.05, 4.69) is 0 Å². The van der Waals surface area contributed by atoms with Crippen LogP contribution in [0.4, 0.5) is 4.79 Å². The van der Waals surface area contributed by atoms with E-state index in [1.165, 1.54) is 4.31 Å². The van der Waals surface area contributed by atoms with E-state index in [9.17, 15) is 13.2 Å². The average molecular weight is 373 g/mol. The fourth-order valence-corrected chi connectivity index (χ4v) is 4.70. The summed E-state index contributed by atoms with van der Waals surface area (Å²) >= 11 is 5.98. The average Bonchev–Trinajstić information content (AvgIpc) is 3.03. The molecule has 0 aliphatic carbocycles. The topological polar surface area (TPSA) is 66.9 Å². The minimum Gasteiger partial charge on any atom is -0.442 e. The minimum absolute atomic E-state index is 0.217. The van der Waals surface area contributed by atoms with Crippen LogP contribution in [-0.2, 0) is 21.2 Å². The summed E-state index contributed by atoms with van der Waals surface area (Å²) in [5, 5.41) is 0.177. The lowest BCUT2D eigenvalue weighted by Gasteiger charge is -2.23. The van der Waals surface area contributed by atoms with Crippen molar-refractivity contribution in [3.8, 4) is 0 Å². The summed E-state index contributed by atoms with van der Waals surface area (Å²) in [4.78, 5) is 13.7. The van der Waals surface area contributed by atoms with Gasteiger partial charge in [-0.15, -0.1) is 0 Å². The molecule has 0 radical (unpaired) electrons. The number of hydrogen-bond acceptors (Lipinski definition) is 4. The number of nitrogens with zero attached hydrogens (tertiary/aromatic N) is 2. The Morgan fingerprint density at radius 1 is 1.33 bits per heavy atom. The number of hydrogen-bond donors (Lipinski definition) is 0. The first kappa shape index (κ1) is 17.5. The van der Waals surface area contributed by atoms with E-state index in [-0.39, 0.29) is 24.8 Å². The van der Waals surface area contributed by atoms with Crippen LogP contribution in [0.2, 0.25) is 5.02 Å². The second-order valence-electron chi connectivity index (χ2n) is 6.47. The fourth-order valence-electron chi connectivity index (χ4n) is 3.18. The van der Waals surface area contributed by atoms with E-state index in [1.807, 2.05) is 18.2 Å². The number of carbonyl (C=O) groups excluding carboxylic acids is 1. The van der Waals surface area contributed by atoms with Crippen LogP contribution in [0.25, 0.3) is 0 Å². The Kier molecular flexibility index (Phi) is 4.77. The summed E-state index contributed by atoms with van der Waals surface area (Å²) in [6.45, 7) is 4.34. The zero-order valence-corrected chi connectivity index (χ0v) is 15.3. The third-order valence-corrected chi connectivity index (χ3v) is 7.02. The van der Waals surface area contributed by atoms with Gasteiger partial charge >= 0.3 is 6.09 Å². The molecule has 2 saturated heterocycles. The Morgan fingerprint density at radius 3 is 2.75 bits per heavy atom. The SMILES string of the molecule is CC(C)S(=O)(=O)N1C[C@H]2OC(=O)N(CCc3cccc(Cl)c3)[C@H]2C1. The molecule has 6 nitrogen and oxygen atoms in total. The van der Waals surface area contributed by atoms with Crippen molar-refractivity contribution in [2.24, 2.45) is 0 Å². The van der Waals surface area contributed by atoms with Crippen LogP contribution in [0.15, 0.2) is 24.3 Å². The molecular weight excluding hydrogens is 352 g/mol. The van der Waals surface area contributed by atoms with Gasteiger partial charge in [-0.1, -0.05) is 23.7 Å². The lowest BCUT2D eigenvalue weighted by Crippen LogP contribution is -2.41. The third kappa shape index (κ3) is 3.25. The van der Waals surface area contributed by atoms with Gasteiger partial charge in [-0.05, 0) is 38.0 Å². The summed E-state index contributed by atoms with van der Waals surface area (Å²) in [5.41, 5.74) is 1.03. The number of rotatable bonds is 5. The van der Waals surface area contributed by atoms with E-state index in [4.69, 9.17) is 16.3 Å². The molecule has 0 N–H and O–H groups in total. The van der Waals surface area contributed by atoms with Crippen molar-refractivity contribution in [2.75, 3.05) is 19.6 Å². The molecule has 2 aliphatic heterocycles. The minimum atomic E-state index is -3.33. The van der Waals surface area contributed by atoms with Crippen LogP contribution in [0, 0.1) is 0 Å². The van der Waals surface area contributed by atoms with Gasteiger partial charge in [0, 0.05) is 18.1 Å². The van der Waals surface area contributed by atoms with Crippen molar-refractivity contribution in [2.45, 2.75) is 37.7 Å². The number of benzene rings is 1. The number of halogens is 1. The molecule has 2 aliphatic rings. The number of sulfonamides is 1. The molecule has 2 heterocycles. The summed E-state index contributed by atoms with van der Waals surface area (Å²) in [6, 6.07) is 7.27. The van der Waals surface area contributed by atoms with Crippen LogP contribution >= 0.6 is 11.6 Å². The van der Waals surface area contributed by atoms with Crippen LogP contribution < -0.4 is 0 Å². The Balaban J connectivity index is 1.68. The molecule has 0 saturated carbocycles. The quantitative estimate of drug-likeness (QED) is 0.794. The lowest BCUT2D eigenvalue weighted by molar-refractivity contribution is 0.129. The molecular formula is C16H21ClN2O4S. The maximum atomic E-state index is 12.3. The van der Waals surface area contributed by atoms with Crippen LogP contribution in [0.5, 0.6) is 0 Å². The molecule has 8 heteroatoms. The van der Waals surface area contributed by atoms with Gasteiger partial charge < -0.3 is 4.74 Å². The zero-order chi connectivity index (χ0) is 17.5. The molecule has 3 rings (SSSR count). The lowest BCUT2D eigenvalue weighted by atomic mass is 10.1. The van der Waals surface area contributed by atoms with Gasteiger partial charge in [0.25, 0.3) is 0 Å². The third-order valence-electron chi connectivity index (χ3n) is 4.58. The second-order valence-corrected chi connectivity index (χ2v) is 9.40. The molecule has 0 aromatic heterocycles. The van der Waals surface area contributed by atoms with E-state index in [0.717, 1.165) is 5.56 Å². The highest BCUT2D eigenvalue weighted by Gasteiger charge is 2.50.